The number of fused-ring (bicyclic) bond motifs is 1. The zero-order valence-corrected chi connectivity index (χ0v) is 19.7. The Morgan fingerprint density at radius 3 is 2.61 bits per heavy atom. The molecule has 3 aromatic rings. The predicted octanol–water partition coefficient (Wildman–Crippen LogP) is 2.86. The Balaban J connectivity index is 1.38. The molecule has 0 saturated carbocycles. The number of halogens is 2. The summed E-state index contributed by atoms with van der Waals surface area (Å²) in [6.07, 6.45) is 1.72. The van der Waals surface area contributed by atoms with Crippen molar-refractivity contribution in [2.75, 3.05) is 26.2 Å². The largest absolute Gasteiger partial charge is 0.871 e. The van der Waals surface area contributed by atoms with Crippen molar-refractivity contribution in [2.45, 2.75) is 6.54 Å². The summed E-state index contributed by atoms with van der Waals surface area (Å²) in [5.41, 5.74) is 2.08. The normalized spacial score (nSPS) is 15.6. The SMILES string of the molecule is [O-]c1c(I)cc(I)cc1C=NN1CC[NH+](Cc2cccc3ccccc23)CC1. The Morgan fingerprint density at radius 2 is 1.79 bits per heavy atom. The second-order valence-corrected chi connectivity index (χ2v) is 9.48. The molecule has 28 heavy (non-hydrogen) atoms. The van der Waals surface area contributed by atoms with Gasteiger partial charge in [0.2, 0.25) is 0 Å². The molecule has 1 fully saturated rings. The van der Waals surface area contributed by atoms with Crippen LogP contribution in [0.2, 0.25) is 0 Å². The van der Waals surface area contributed by atoms with Crippen molar-refractivity contribution in [1.82, 2.24) is 5.01 Å². The maximum absolute atomic E-state index is 12.2. The lowest BCUT2D eigenvalue weighted by molar-refractivity contribution is -0.918. The van der Waals surface area contributed by atoms with E-state index in [0.717, 1.165) is 39.9 Å². The van der Waals surface area contributed by atoms with E-state index in [-0.39, 0.29) is 5.75 Å². The van der Waals surface area contributed by atoms with Gasteiger partial charge in [-0.1, -0.05) is 48.2 Å². The Morgan fingerprint density at radius 1 is 1.04 bits per heavy atom. The van der Waals surface area contributed by atoms with Gasteiger partial charge < -0.3 is 10.0 Å². The van der Waals surface area contributed by atoms with Gasteiger partial charge in [0.15, 0.2) is 0 Å². The first-order valence-corrected chi connectivity index (χ1v) is 11.5. The maximum atomic E-state index is 12.2. The molecule has 0 atom stereocenters. The molecule has 144 valence electrons. The van der Waals surface area contributed by atoms with Crippen molar-refractivity contribution < 1.29 is 10.0 Å². The molecule has 1 saturated heterocycles. The molecule has 0 unspecified atom stereocenters. The van der Waals surface area contributed by atoms with Gasteiger partial charge in [-0.05, 0) is 73.7 Å². The van der Waals surface area contributed by atoms with Crippen molar-refractivity contribution >= 4 is 62.2 Å². The fourth-order valence-electron chi connectivity index (χ4n) is 3.64. The second-order valence-electron chi connectivity index (χ2n) is 7.07. The van der Waals surface area contributed by atoms with Gasteiger partial charge in [0.25, 0.3) is 0 Å². The summed E-state index contributed by atoms with van der Waals surface area (Å²) in [6, 6.07) is 19.0. The van der Waals surface area contributed by atoms with E-state index >= 15 is 0 Å². The minimum absolute atomic E-state index is 0.0602. The quantitative estimate of drug-likeness (QED) is 0.372. The molecular formula is C22H21I2N3O. The van der Waals surface area contributed by atoms with Crippen LogP contribution >= 0.6 is 45.2 Å². The Labute approximate surface area is 192 Å². The zero-order valence-electron chi connectivity index (χ0n) is 15.4. The van der Waals surface area contributed by atoms with Crippen LogP contribution in [0.1, 0.15) is 11.1 Å². The minimum atomic E-state index is 0.0602. The molecule has 1 aliphatic rings. The molecule has 6 heteroatoms. The van der Waals surface area contributed by atoms with E-state index in [0.29, 0.717) is 5.56 Å². The summed E-state index contributed by atoms with van der Waals surface area (Å²) in [5, 5.41) is 21.6. The van der Waals surface area contributed by atoms with Crippen LogP contribution in [0.3, 0.4) is 0 Å². The van der Waals surface area contributed by atoms with Gasteiger partial charge in [-0.25, -0.2) is 0 Å². The lowest BCUT2D eigenvalue weighted by atomic mass is 10.0. The fraction of sp³-hybridized carbons (Fsp3) is 0.227. The molecule has 0 bridgehead atoms. The predicted molar refractivity (Wildman–Crippen MR) is 129 cm³/mol. The van der Waals surface area contributed by atoms with E-state index in [1.165, 1.54) is 16.3 Å². The molecule has 0 aliphatic carbocycles. The Kier molecular flexibility index (Phi) is 6.37. The third-order valence-electron chi connectivity index (χ3n) is 5.16. The summed E-state index contributed by atoms with van der Waals surface area (Å²) in [4.78, 5) is 1.58. The van der Waals surface area contributed by atoms with Crippen LogP contribution < -0.4 is 10.0 Å². The first-order chi connectivity index (χ1) is 13.6. The molecule has 0 aromatic heterocycles. The van der Waals surface area contributed by atoms with Crippen LogP contribution in [-0.2, 0) is 6.54 Å². The monoisotopic (exact) mass is 597 g/mol. The highest BCUT2D eigenvalue weighted by Crippen LogP contribution is 2.23. The summed E-state index contributed by atoms with van der Waals surface area (Å²) >= 11 is 4.33. The number of hydrazone groups is 1. The molecule has 1 N–H and O–H groups in total. The van der Waals surface area contributed by atoms with Crippen molar-refractivity contribution in [3.63, 3.8) is 0 Å². The molecular weight excluding hydrogens is 576 g/mol. The summed E-state index contributed by atoms with van der Waals surface area (Å²) < 4.78 is 1.81. The van der Waals surface area contributed by atoms with Gasteiger partial charge in [-0.3, -0.25) is 5.01 Å². The Bertz CT molecular complexity index is 1010. The highest BCUT2D eigenvalue weighted by Gasteiger charge is 2.19. The molecule has 1 heterocycles. The van der Waals surface area contributed by atoms with Crippen LogP contribution in [0.25, 0.3) is 10.8 Å². The van der Waals surface area contributed by atoms with E-state index in [2.05, 4.69) is 97.8 Å². The molecule has 1 aliphatic heterocycles. The summed E-state index contributed by atoms with van der Waals surface area (Å²) in [5.74, 6) is 0.0602. The smallest absolute Gasteiger partial charge is 0.104 e. The first kappa shape index (κ1) is 19.9. The number of piperazine rings is 1. The fourth-order valence-corrected chi connectivity index (χ4v) is 5.53. The lowest BCUT2D eigenvalue weighted by Crippen LogP contribution is -3.13. The lowest BCUT2D eigenvalue weighted by Gasteiger charge is -2.30. The van der Waals surface area contributed by atoms with Gasteiger partial charge in [0.1, 0.15) is 6.54 Å². The number of hydrogen-bond donors (Lipinski definition) is 1. The van der Waals surface area contributed by atoms with Gasteiger partial charge in [-0.15, -0.1) is 0 Å². The van der Waals surface area contributed by atoms with Gasteiger partial charge in [-0.2, -0.15) is 5.10 Å². The minimum Gasteiger partial charge on any atom is -0.871 e. The number of nitrogens with one attached hydrogen (secondary N) is 1. The van der Waals surface area contributed by atoms with Crippen LogP contribution in [0.5, 0.6) is 5.75 Å². The number of rotatable bonds is 4. The van der Waals surface area contributed by atoms with Crippen molar-refractivity contribution in [1.29, 1.82) is 0 Å². The van der Waals surface area contributed by atoms with E-state index < -0.39 is 0 Å². The van der Waals surface area contributed by atoms with E-state index in [1.807, 2.05) is 12.1 Å². The van der Waals surface area contributed by atoms with Crippen molar-refractivity contribution in [2.24, 2.45) is 5.10 Å². The number of quaternary nitrogens is 1. The first-order valence-electron chi connectivity index (χ1n) is 9.35. The molecule has 0 radical (unpaired) electrons. The molecule has 0 amide bonds. The third kappa shape index (κ3) is 4.60. The van der Waals surface area contributed by atoms with Crippen molar-refractivity contribution in [3.8, 4) is 5.75 Å². The topological polar surface area (TPSA) is 43.1 Å². The van der Waals surface area contributed by atoms with Crippen LogP contribution in [0, 0.1) is 7.14 Å². The second kappa shape index (κ2) is 8.96. The van der Waals surface area contributed by atoms with E-state index in [9.17, 15) is 5.11 Å². The third-order valence-corrected chi connectivity index (χ3v) is 6.59. The molecule has 3 aromatic carbocycles. The number of hydrogen-bond acceptors (Lipinski definition) is 3. The highest BCUT2D eigenvalue weighted by atomic mass is 127. The number of benzene rings is 3. The maximum Gasteiger partial charge on any atom is 0.104 e. The average Bonchev–Trinajstić information content (AvgIpc) is 2.71. The van der Waals surface area contributed by atoms with Crippen molar-refractivity contribution in [3.05, 3.63) is 72.9 Å². The van der Waals surface area contributed by atoms with E-state index in [4.69, 9.17) is 0 Å². The van der Waals surface area contributed by atoms with Gasteiger partial charge in [0, 0.05) is 12.7 Å². The number of nitrogens with zero attached hydrogens (tertiary/aromatic N) is 2. The molecule has 4 nitrogen and oxygen atoms in total. The average molecular weight is 597 g/mol. The Hall–Kier alpha value is -1.39. The summed E-state index contributed by atoms with van der Waals surface area (Å²) in [7, 11) is 0. The summed E-state index contributed by atoms with van der Waals surface area (Å²) in [6.45, 7) is 4.96. The standard InChI is InChI=1S/C22H21I2N3O/c23-19-12-18(22(28)21(24)13-19)14-25-27-10-8-26(9-11-27)15-17-6-3-5-16-4-1-2-7-20(16)17/h1-7,12-14,28H,8-11,15H2. The van der Waals surface area contributed by atoms with E-state index in [1.54, 1.807) is 11.1 Å². The van der Waals surface area contributed by atoms with Crippen LogP contribution in [0.4, 0.5) is 0 Å². The zero-order chi connectivity index (χ0) is 19.5. The molecule has 4 rings (SSSR count). The van der Waals surface area contributed by atoms with Crippen LogP contribution in [0.15, 0.2) is 59.7 Å². The molecule has 0 spiro atoms. The van der Waals surface area contributed by atoms with Gasteiger partial charge in [0.05, 0.1) is 32.4 Å². The highest BCUT2D eigenvalue weighted by molar-refractivity contribution is 14.1. The van der Waals surface area contributed by atoms with Crippen LogP contribution in [-0.4, -0.2) is 37.4 Å². The van der Waals surface area contributed by atoms with Gasteiger partial charge >= 0.3 is 0 Å².